The molecule has 1 heterocycles. The molecule has 12 nitrogen and oxygen atoms in total. The second-order valence-corrected chi connectivity index (χ2v) is 14.7. The van der Waals surface area contributed by atoms with E-state index in [0.29, 0.717) is 19.5 Å². The highest BCUT2D eigenvalue weighted by Gasteiger charge is 2.42. The van der Waals surface area contributed by atoms with E-state index in [1.807, 2.05) is 37.4 Å². The molecule has 1 aromatic rings. The molecular weight excluding hydrogens is 626 g/mol. The maximum Gasteiger partial charge on any atom is 0.326 e. The summed E-state index contributed by atoms with van der Waals surface area (Å²) in [6.45, 7) is 14.5. The molecule has 3 amide bonds. The predicted octanol–water partition coefficient (Wildman–Crippen LogP) is 3.07. The number of carbonyl (C=O) groups excluding carboxylic acids is 3. The molecule has 2 rings (SSSR count). The molecule has 49 heavy (non-hydrogen) atoms. The van der Waals surface area contributed by atoms with E-state index in [9.17, 15) is 24.3 Å². The zero-order valence-electron chi connectivity index (χ0n) is 31.4. The van der Waals surface area contributed by atoms with E-state index >= 15 is 0 Å². The Balaban J connectivity index is 2.21. The van der Waals surface area contributed by atoms with Crippen molar-refractivity contribution in [3.63, 3.8) is 0 Å². The van der Waals surface area contributed by atoms with Crippen molar-refractivity contribution in [2.75, 3.05) is 34.4 Å². The number of benzene rings is 1. The van der Waals surface area contributed by atoms with Crippen LogP contribution in [0.15, 0.2) is 30.3 Å². The molecule has 12 heteroatoms. The summed E-state index contributed by atoms with van der Waals surface area (Å²) in [4.78, 5) is 56.3. The van der Waals surface area contributed by atoms with Crippen molar-refractivity contribution in [3.05, 3.63) is 35.9 Å². The Morgan fingerprint density at radius 3 is 2.20 bits per heavy atom. The zero-order chi connectivity index (χ0) is 37.1. The molecular formula is C37H63N5O7. The predicted molar refractivity (Wildman–Crippen MR) is 191 cm³/mol. The number of hydrogen-bond acceptors (Lipinski definition) is 8. The number of ether oxygens (including phenoxy) is 2. The number of nitrogens with one attached hydrogen (secondary N) is 2. The van der Waals surface area contributed by atoms with E-state index in [1.165, 1.54) is 7.11 Å². The number of aliphatic carboxylic acids is 1. The quantitative estimate of drug-likeness (QED) is 0.161. The molecule has 1 aromatic carbocycles. The summed E-state index contributed by atoms with van der Waals surface area (Å²) in [5.74, 6) is -2.24. The Labute approximate surface area is 293 Å². The van der Waals surface area contributed by atoms with Gasteiger partial charge in [-0.2, -0.15) is 0 Å². The first-order chi connectivity index (χ1) is 23.0. The average molecular weight is 690 g/mol. The van der Waals surface area contributed by atoms with Crippen molar-refractivity contribution in [1.29, 1.82) is 0 Å². The van der Waals surface area contributed by atoms with Crippen molar-refractivity contribution in [2.24, 2.45) is 23.5 Å². The van der Waals surface area contributed by atoms with E-state index in [0.717, 1.165) is 18.4 Å². The van der Waals surface area contributed by atoms with E-state index in [-0.39, 0.29) is 54.6 Å². The van der Waals surface area contributed by atoms with Gasteiger partial charge >= 0.3 is 5.97 Å². The largest absolute Gasteiger partial charge is 0.480 e. The SMILES string of the molecule is CC[C@H](C)[C@@H]([C@@H](CC(=O)N1CCC[C@H]1C(OC)[C@@H](C)C(=O)N[C@@H](Cc1ccccc1)C(=O)O)OC)N(C)C[C@@H](NC(=O)C(C)(C)N)C(C)C. The fourth-order valence-electron chi connectivity index (χ4n) is 6.81. The number of carbonyl (C=O) groups is 4. The maximum absolute atomic E-state index is 14.1. The summed E-state index contributed by atoms with van der Waals surface area (Å²) in [5, 5.41) is 15.7. The molecule has 0 aliphatic carbocycles. The molecule has 0 bridgehead atoms. The topological polar surface area (TPSA) is 164 Å². The molecule has 5 N–H and O–H groups in total. The molecule has 1 saturated heterocycles. The number of rotatable bonds is 20. The molecule has 8 atom stereocenters. The first kappa shape index (κ1) is 42.1. The van der Waals surface area contributed by atoms with Crippen LogP contribution in [0.5, 0.6) is 0 Å². The average Bonchev–Trinajstić information content (AvgIpc) is 3.53. The van der Waals surface area contributed by atoms with Gasteiger partial charge in [-0.25, -0.2) is 4.79 Å². The van der Waals surface area contributed by atoms with Gasteiger partial charge in [0.05, 0.1) is 36.1 Å². The summed E-state index contributed by atoms with van der Waals surface area (Å²) < 4.78 is 11.9. The first-order valence-electron chi connectivity index (χ1n) is 17.7. The Bertz CT molecular complexity index is 1210. The molecule has 1 fully saturated rings. The normalized spacial score (nSPS) is 19.5. The smallest absolute Gasteiger partial charge is 0.326 e. The minimum atomic E-state index is -1.12. The first-order valence-corrected chi connectivity index (χ1v) is 17.7. The summed E-state index contributed by atoms with van der Waals surface area (Å²) in [6.07, 6.45) is 1.51. The minimum Gasteiger partial charge on any atom is -0.480 e. The van der Waals surface area contributed by atoms with Crippen LogP contribution in [-0.4, -0.2) is 115 Å². The molecule has 1 aliphatic heterocycles. The molecule has 0 saturated carbocycles. The second-order valence-electron chi connectivity index (χ2n) is 14.7. The number of likely N-dealkylation sites (tertiary alicyclic amines) is 1. The van der Waals surface area contributed by atoms with Gasteiger partial charge in [0.2, 0.25) is 17.7 Å². The van der Waals surface area contributed by atoms with Gasteiger partial charge in [-0.05, 0) is 51.1 Å². The molecule has 0 radical (unpaired) electrons. The summed E-state index contributed by atoms with van der Waals surface area (Å²) >= 11 is 0. The maximum atomic E-state index is 14.1. The minimum absolute atomic E-state index is 0.0863. The number of likely N-dealkylation sites (N-methyl/N-ethyl adjacent to an activating group) is 1. The third kappa shape index (κ3) is 12.0. The van der Waals surface area contributed by atoms with Gasteiger partial charge in [0.1, 0.15) is 6.04 Å². The number of methoxy groups -OCH3 is 2. The van der Waals surface area contributed by atoms with E-state index in [2.05, 4.69) is 43.2 Å². The number of carboxylic acids is 1. The number of carboxylic acid groups (broad SMARTS) is 1. The van der Waals surface area contributed by atoms with Crippen LogP contribution in [-0.2, 0) is 35.1 Å². The fourth-order valence-corrected chi connectivity index (χ4v) is 6.81. The fraction of sp³-hybridized carbons (Fsp3) is 0.730. The van der Waals surface area contributed by atoms with Gasteiger partial charge in [0, 0.05) is 45.8 Å². The van der Waals surface area contributed by atoms with Crippen LogP contribution >= 0.6 is 0 Å². The van der Waals surface area contributed by atoms with Crippen LogP contribution in [0.1, 0.15) is 79.7 Å². The van der Waals surface area contributed by atoms with Gasteiger partial charge in [-0.1, -0.05) is 71.4 Å². The monoisotopic (exact) mass is 689 g/mol. The van der Waals surface area contributed by atoms with Gasteiger partial charge in [0.15, 0.2) is 0 Å². The molecule has 0 aromatic heterocycles. The summed E-state index contributed by atoms with van der Waals surface area (Å²) in [5.41, 5.74) is 5.87. The van der Waals surface area contributed by atoms with E-state index in [1.54, 1.807) is 32.8 Å². The highest BCUT2D eigenvalue weighted by Crippen LogP contribution is 2.29. The van der Waals surface area contributed by atoms with Crippen LogP contribution in [0.4, 0.5) is 0 Å². The van der Waals surface area contributed by atoms with Gasteiger partial charge < -0.3 is 35.8 Å². The molecule has 1 unspecified atom stereocenters. The molecule has 1 aliphatic rings. The molecule has 278 valence electrons. The lowest BCUT2D eigenvalue weighted by Crippen LogP contribution is -2.58. The number of amides is 3. The second kappa shape index (κ2) is 19.4. The summed E-state index contributed by atoms with van der Waals surface area (Å²) in [6, 6.07) is 7.42. The van der Waals surface area contributed by atoms with Gasteiger partial charge in [-0.3, -0.25) is 19.3 Å². The van der Waals surface area contributed by atoms with Crippen molar-refractivity contribution >= 4 is 23.7 Å². The van der Waals surface area contributed by atoms with Crippen molar-refractivity contribution < 1.29 is 33.8 Å². The number of hydrogen-bond donors (Lipinski definition) is 4. The van der Waals surface area contributed by atoms with Gasteiger partial charge in [0.25, 0.3) is 0 Å². The lowest BCUT2D eigenvalue weighted by Gasteiger charge is -2.41. The highest BCUT2D eigenvalue weighted by atomic mass is 16.5. The van der Waals surface area contributed by atoms with Crippen LogP contribution in [0.2, 0.25) is 0 Å². The summed E-state index contributed by atoms with van der Waals surface area (Å²) in [7, 11) is 5.15. The van der Waals surface area contributed by atoms with E-state index in [4.69, 9.17) is 15.2 Å². The Kier molecular flexibility index (Phi) is 16.6. The van der Waals surface area contributed by atoms with Crippen LogP contribution in [0.3, 0.4) is 0 Å². The molecule has 0 spiro atoms. The van der Waals surface area contributed by atoms with Crippen molar-refractivity contribution in [2.45, 2.75) is 122 Å². The van der Waals surface area contributed by atoms with Crippen LogP contribution < -0.4 is 16.4 Å². The van der Waals surface area contributed by atoms with Crippen LogP contribution in [0.25, 0.3) is 0 Å². The van der Waals surface area contributed by atoms with Crippen LogP contribution in [0, 0.1) is 17.8 Å². The highest BCUT2D eigenvalue weighted by molar-refractivity contribution is 5.86. The lowest BCUT2D eigenvalue weighted by atomic mass is 9.89. The Hall–Kier alpha value is -3.06. The third-order valence-electron chi connectivity index (χ3n) is 10.1. The third-order valence-corrected chi connectivity index (χ3v) is 10.1. The number of nitrogens with two attached hydrogens (primary N) is 1. The Morgan fingerprint density at radius 2 is 1.69 bits per heavy atom. The zero-order valence-corrected chi connectivity index (χ0v) is 31.4. The standard InChI is InChI=1S/C37H63N5O7/c1-11-24(4)32(41(8)22-28(23(2)3)40-36(47)37(6,7)38)30(48-9)21-31(43)42-19-15-18-29(42)33(49-10)25(5)34(44)39-27(35(45)46)20-26-16-13-12-14-17-26/h12-14,16-17,23-25,27-30,32-33H,11,15,18-22,38H2,1-10H3,(H,39,44)(H,40,47)(H,45,46)/t24-,25+,27-,28+,29-,30+,32-,33?/m0/s1. The van der Waals surface area contributed by atoms with Crippen molar-refractivity contribution in [1.82, 2.24) is 20.4 Å². The lowest BCUT2D eigenvalue weighted by molar-refractivity contribution is -0.145. The number of nitrogens with zero attached hydrogens (tertiary/aromatic N) is 2. The van der Waals surface area contributed by atoms with Gasteiger partial charge in [-0.15, -0.1) is 0 Å². The van der Waals surface area contributed by atoms with E-state index < -0.39 is 41.6 Å². The van der Waals surface area contributed by atoms with Crippen molar-refractivity contribution in [3.8, 4) is 0 Å². The Morgan fingerprint density at radius 1 is 1.06 bits per heavy atom.